The summed E-state index contributed by atoms with van der Waals surface area (Å²) in [5.41, 5.74) is 2.86. The van der Waals surface area contributed by atoms with E-state index in [0.29, 0.717) is 16.4 Å². The van der Waals surface area contributed by atoms with Crippen molar-refractivity contribution < 1.29 is 9.59 Å². The lowest BCUT2D eigenvalue weighted by molar-refractivity contribution is -0.115. The van der Waals surface area contributed by atoms with Crippen LogP contribution < -0.4 is 16.2 Å². The molecular formula is C27H25ClN4O3S. The molecule has 0 aliphatic rings. The zero-order chi connectivity index (χ0) is 25.7. The molecule has 0 radical (unpaired) electrons. The van der Waals surface area contributed by atoms with Crippen LogP contribution in [0.2, 0.25) is 5.02 Å². The summed E-state index contributed by atoms with van der Waals surface area (Å²) in [5, 5.41) is 6.27. The Hall–Kier alpha value is -3.75. The van der Waals surface area contributed by atoms with E-state index < -0.39 is 0 Å². The molecule has 0 fully saturated rings. The predicted molar refractivity (Wildman–Crippen MR) is 145 cm³/mol. The number of carbonyl (C=O) groups is 2. The van der Waals surface area contributed by atoms with Crippen molar-refractivity contribution in [3.63, 3.8) is 0 Å². The number of para-hydroxylation sites is 1. The second-order valence-electron chi connectivity index (χ2n) is 8.15. The van der Waals surface area contributed by atoms with Crippen LogP contribution in [-0.4, -0.2) is 26.9 Å². The summed E-state index contributed by atoms with van der Waals surface area (Å²) in [6.07, 6.45) is 0.230. The average Bonchev–Trinajstić information content (AvgIpc) is 3.08. The number of thioether (sulfide) groups is 1. The monoisotopic (exact) mass is 520 g/mol. The van der Waals surface area contributed by atoms with Gasteiger partial charge in [-0.1, -0.05) is 48.0 Å². The minimum absolute atomic E-state index is 0.112. The quantitative estimate of drug-likeness (QED) is 0.318. The maximum Gasteiger partial charge on any atom is 0.295 e. The summed E-state index contributed by atoms with van der Waals surface area (Å²) in [6.45, 7) is 1.79. The molecule has 0 aliphatic heterocycles. The molecule has 3 aromatic carbocycles. The Balaban J connectivity index is 1.36. The van der Waals surface area contributed by atoms with Gasteiger partial charge in [0.1, 0.15) is 5.69 Å². The van der Waals surface area contributed by atoms with Crippen molar-refractivity contribution >= 4 is 46.6 Å². The molecular weight excluding hydrogens is 496 g/mol. The van der Waals surface area contributed by atoms with E-state index in [9.17, 15) is 14.4 Å². The van der Waals surface area contributed by atoms with Crippen molar-refractivity contribution in [3.05, 3.63) is 105 Å². The highest BCUT2D eigenvalue weighted by molar-refractivity contribution is 8.00. The van der Waals surface area contributed by atoms with Crippen LogP contribution in [0.5, 0.6) is 0 Å². The van der Waals surface area contributed by atoms with Gasteiger partial charge in [0.25, 0.3) is 5.56 Å². The first-order valence-corrected chi connectivity index (χ1v) is 12.6. The number of benzene rings is 3. The fourth-order valence-electron chi connectivity index (χ4n) is 3.69. The molecule has 184 valence electrons. The average molecular weight is 521 g/mol. The molecule has 0 unspecified atom stereocenters. The molecule has 0 aliphatic carbocycles. The SMILES string of the molecule is Cc1c(NC(=O)CSc2cccc(NC(=O)Cc3ccc(Cl)cc3)c2)c(=O)n(-c2ccccc2)n1C. The van der Waals surface area contributed by atoms with E-state index in [1.54, 1.807) is 36.9 Å². The highest BCUT2D eigenvalue weighted by Crippen LogP contribution is 2.23. The highest BCUT2D eigenvalue weighted by Gasteiger charge is 2.18. The largest absolute Gasteiger partial charge is 0.326 e. The van der Waals surface area contributed by atoms with Crippen LogP contribution in [0.3, 0.4) is 0 Å². The van der Waals surface area contributed by atoms with Gasteiger partial charge >= 0.3 is 0 Å². The molecule has 4 aromatic rings. The number of aromatic nitrogens is 2. The van der Waals surface area contributed by atoms with Crippen LogP contribution in [-0.2, 0) is 23.1 Å². The van der Waals surface area contributed by atoms with E-state index >= 15 is 0 Å². The smallest absolute Gasteiger partial charge is 0.295 e. The number of halogens is 1. The number of amides is 2. The van der Waals surface area contributed by atoms with E-state index in [4.69, 9.17) is 11.6 Å². The van der Waals surface area contributed by atoms with E-state index in [-0.39, 0.29) is 35.2 Å². The van der Waals surface area contributed by atoms with Gasteiger partial charge in [-0.25, -0.2) is 4.68 Å². The summed E-state index contributed by atoms with van der Waals surface area (Å²) in [5.74, 6) is -0.323. The number of anilines is 2. The fraction of sp³-hybridized carbons (Fsp3) is 0.148. The third-order valence-corrected chi connectivity index (χ3v) is 6.83. The van der Waals surface area contributed by atoms with Crippen LogP contribution in [0.1, 0.15) is 11.3 Å². The van der Waals surface area contributed by atoms with Crippen molar-refractivity contribution in [1.82, 2.24) is 9.36 Å². The number of nitrogens with one attached hydrogen (secondary N) is 2. The maximum atomic E-state index is 13.0. The van der Waals surface area contributed by atoms with Crippen LogP contribution in [0.15, 0.2) is 88.6 Å². The number of rotatable bonds is 8. The van der Waals surface area contributed by atoms with E-state index in [0.717, 1.165) is 16.1 Å². The third kappa shape index (κ3) is 6.08. The first-order chi connectivity index (χ1) is 17.3. The molecule has 0 saturated heterocycles. The number of hydrogen-bond donors (Lipinski definition) is 2. The maximum absolute atomic E-state index is 13.0. The molecule has 2 amide bonds. The van der Waals surface area contributed by atoms with Gasteiger partial charge in [-0.05, 0) is 55.0 Å². The Kier molecular flexibility index (Phi) is 7.97. The number of nitrogens with zero attached hydrogens (tertiary/aromatic N) is 2. The lowest BCUT2D eigenvalue weighted by Gasteiger charge is -2.08. The first-order valence-electron chi connectivity index (χ1n) is 11.2. The fourth-order valence-corrected chi connectivity index (χ4v) is 4.57. The summed E-state index contributed by atoms with van der Waals surface area (Å²) in [7, 11) is 1.78. The standard InChI is InChI=1S/C27H25ClN4O3S/c1-18-26(27(35)32(31(18)2)22-8-4-3-5-9-22)30-25(34)17-36-23-10-6-7-21(16-23)29-24(33)15-19-11-13-20(28)14-12-19/h3-14,16H,15,17H2,1-2H3,(H,29,33)(H,30,34). The van der Waals surface area contributed by atoms with Crippen molar-refractivity contribution in [2.75, 3.05) is 16.4 Å². The Bertz CT molecular complexity index is 1450. The summed E-state index contributed by atoms with van der Waals surface area (Å²) < 4.78 is 3.24. The lowest BCUT2D eigenvalue weighted by Crippen LogP contribution is -2.23. The molecule has 2 N–H and O–H groups in total. The predicted octanol–water partition coefficient (Wildman–Crippen LogP) is 5.05. The minimum Gasteiger partial charge on any atom is -0.326 e. The minimum atomic E-state index is -0.289. The molecule has 4 rings (SSSR count). The zero-order valence-corrected chi connectivity index (χ0v) is 21.4. The molecule has 1 heterocycles. The Morgan fingerprint density at radius 2 is 1.64 bits per heavy atom. The van der Waals surface area contributed by atoms with E-state index in [2.05, 4.69) is 10.6 Å². The third-order valence-electron chi connectivity index (χ3n) is 5.58. The molecule has 0 bridgehead atoms. The summed E-state index contributed by atoms with van der Waals surface area (Å²) in [6, 6.07) is 23.7. The molecule has 1 aromatic heterocycles. The van der Waals surface area contributed by atoms with Crippen LogP contribution >= 0.6 is 23.4 Å². The zero-order valence-electron chi connectivity index (χ0n) is 19.8. The molecule has 9 heteroatoms. The van der Waals surface area contributed by atoms with Crippen molar-refractivity contribution in [1.29, 1.82) is 0 Å². The van der Waals surface area contributed by atoms with E-state index in [1.165, 1.54) is 16.4 Å². The van der Waals surface area contributed by atoms with Gasteiger partial charge in [-0.15, -0.1) is 11.8 Å². The van der Waals surface area contributed by atoms with Gasteiger partial charge in [0.05, 0.1) is 23.6 Å². The van der Waals surface area contributed by atoms with Crippen LogP contribution in [0, 0.1) is 6.92 Å². The van der Waals surface area contributed by atoms with E-state index in [1.807, 2.05) is 60.7 Å². The Labute approximate surface area is 218 Å². The second kappa shape index (κ2) is 11.3. The highest BCUT2D eigenvalue weighted by atomic mass is 35.5. The molecule has 7 nitrogen and oxygen atoms in total. The van der Waals surface area contributed by atoms with Crippen LogP contribution in [0.25, 0.3) is 5.69 Å². The van der Waals surface area contributed by atoms with Gasteiger partial charge < -0.3 is 10.6 Å². The Morgan fingerprint density at radius 1 is 0.917 bits per heavy atom. The van der Waals surface area contributed by atoms with Gasteiger partial charge in [-0.3, -0.25) is 19.1 Å². The Morgan fingerprint density at radius 3 is 2.36 bits per heavy atom. The van der Waals surface area contributed by atoms with Gasteiger partial charge in [0, 0.05) is 22.7 Å². The topological polar surface area (TPSA) is 85.1 Å². The molecule has 0 spiro atoms. The molecule has 0 atom stereocenters. The second-order valence-corrected chi connectivity index (χ2v) is 9.64. The van der Waals surface area contributed by atoms with Crippen molar-refractivity contribution in [2.45, 2.75) is 18.2 Å². The van der Waals surface area contributed by atoms with Crippen molar-refractivity contribution in [3.8, 4) is 5.69 Å². The van der Waals surface area contributed by atoms with Gasteiger partial charge in [0.15, 0.2) is 0 Å². The number of hydrogen-bond acceptors (Lipinski definition) is 4. The summed E-state index contributed by atoms with van der Waals surface area (Å²) in [4.78, 5) is 38.9. The first kappa shape index (κ1) is 25.3. The van der Waals surface area contributed by atoms with Crippen molar-refractivity contribution in [2.24, 2.45) is 7.05 Å². The van der Waals surface area contributed by atoms with Crippen LogP contribution in [0.4, 0.5) is 11.4 Å². The number of carbonyl (C=O) groups excluding carboxylic acids is 2. The molecule has 0 saturated carbocycles. The lowest BCUT2D eigenvalue weighted by atomic mass is 10.1. The normalized spacial score (nSPS) is 10.8. The summed E-state index contributed by atoms with van der Waals surface area (Å²) >= 11 is 7.21. The van der Waals surface area contributed by atoms with Gasteiger partial charge in [0.2, 0.25) is 11.8 Å². The van der Waals surface area contributed by atoms with Gasteiger partial charge in [-0.2, -0.15) is 0 Å². The molecule has 36 heavy (non-hydrogen) atoms.